The molecule has 2 rings (SSSR count). The molecule has 0 aliphatic heterocycles. The summed E-state index contributed by atoms with van der Waals surface area (Å²) >= 11 is 0. The van der Waals surface area contributed by atoms with Gasteiger partial charge < -0.3 is 15.4 Å². The van der Waals surface area contributed by atoms with Crippen molar-refractivity contribution in [2.24, 2.45) is 11.7 Å². The molecule has 4 nitrogen and oxygen atoms in total. The topological polar surface area (TPSA) is 51.4 Å². The molecule has 1 heterocycles. The summed E-state index contributed by atoms with van der Waals surface area (Å²) in [6.07, 6.45) is 5.03. The fraction of sp³-hybridized carbons (Fsp3) is 0.643. The maximum atomic E-state index is 5.89. The summed E-state index contributed by atoms with van der Waals surface area (Å²) in [5, 5.41) is 0. The molecule has 0 aromatic carbocycles. The van der Waals surface area contributed by atoms with Crippen molar-refractivity contribution >= 4 is 5.82 Å². The minimum atomic E-state index is 0.503. The maximum absolute atomic E-state index is 5.89. The second-order valence-electron chi connectivity index (χ2n) is 5.00. The average molecular weight is 249 g/mol. The Hall–Kier alpha value is -1.29. The van der Waals surface area contributed by atoms with Crippen LogP contribution < -0.4 is 15.4 Å². The third kappa shape index (κ3) is 2.75. The number of aromatic nitrogens is 1. The van der Waals surface area contributed by atoms with Gasteiger partial charge in [0.2, 0.25) is 5.88 Å². The number of pyridine rings is 1. The molecule has 100 valence electrons. The van der Waals surface area contributed by atoms with Crippen LogP contribution in [0.4, 0.5) is 5.82 Å². The van der Waals surface area contributed by atoms with Gasteiger partial charge in [0.05, 0.1) is 7.11 Å². The molecule has 1 aromatic rings. The zero-order chi connectivity index (χ0) is 13.0. The molecule has 1 aliphatic rings. The van der Waals surface area contributed by atoms with Gasteiger partial charge >= 0.3 is 0 Å². The first-order valence-electron chi connectivity index (χ1n) is 6.70. The quantitative estimate of drug-likeness (QED) is 0.887. The van der Waals surface area contributed by atoms with E-state index in [2.05, 4.69) is 16.9 Å². The number of hydrogen-bond donors (Lipinski definition) is 1. The number of rotatable bonds is 4. The van der Waals surface area contributed by atoms with Crippen LogP contribution >= 0.6 is 0 Å². The van der Waals surface area contributed by atoms with Crippen LogP contribution in [0.5, 0.6) is 5.88 Å². The van der Waals surface area contributed by atoms with Crippen LogP contribution in [0.3, 0.4) is 0 Å². The van der Waals surface area contributed by atoms with Crippen LogP contribution in [-0.2, 0) is 0 Å². The normalized spacial score (nSPS) is 23.7. The molecule has 2 unspecified atom stereocenters. The Bertz CT molecular complexity index is 383. The minimum absolute atomic E-state index is 0.503. The van der Waals surface area contributed by atoms with Gasteiger partial charge in [-0.3, -0.25) is 0 Å². The van der Waals surface area contributed by atoms with Crippen LogP contribution in [0.1, 0.15) is 25.7 Å². The van der Waals surface area contributed by atoms with Gasteiger partial charge in [-0.2, -0.15) is 4.98 Å². The zero-order valence-corrected chi connectivity index (χ0v) is 11.3. The first-order valence-corrected chi connectivity index (χ1v) is 6.70. The molecule has 1 fully saturated rings. The highest BCUT2D eigenvalue weighted by molar-refractivity contribution is 5.41. The van der Waals surface area contributed by atoms with E-state index in [0.717, 1.165) is 12.4 Å². The van der Waals surface area contributed by atoms with Gasteiger partial charge in [0.25, 0.3) is 0 Å². The second-order valence-corrected chi connectivity index (χ2v) is 5.00. The molecule has 0 amide bonds. The van der Waals surface area contributed by atoms with E-state index >= 15 is 0 Å². The van der Waals surface area contributed by atoms with Crippen molar-refractivity contribution in [1.29, 1.82) is 0 Å². The lowest BCUT2D eigenvalue weighted by molar-refractivity contribution is 0.305. The summed E-state index contributed by atoms with van der Waals surface area (Å²) in [4.78, 5) is 6.76. The summed E-state index contributed by atoms with van der Waals surface area (Å²) in [5.41, 5.74) is 5.89. The van der Waals surface area contributed by atoms with Gasteiger partial charge in [-0.25, -0.2) is 0 Å². The SMILES string of the molecule is COc1cccc(N(C)C2CCCCC2CN)n1. The fourth-order valence-corrected chi connectivity index (χ4v) is 2.86. The molecular weight excluding hydrogens is 226 g/mol. The minimum Gasteiger partial charge on any atom is -0.481 e. The Labute approximate surface area is 109 Å². The lowest BCUT2D eigenvalue weighted by Crippen LogP contribution is -2.43. The molecule has 4 heteroatoms. The van der Waals surface area contributed by atoms with Crippen molar-refractivity contribution < 1.29 is 4.74 Å². The van der Waals surface area contributed by atoms with Gasteiger partial charge in [0.1, 0.15) is 5.82 Å². The molecule has 0 radical (unpaired) electrons. The van der Waals surface area contributed by atoms with E-state index in [0.29, 0.717) is 17.8 Å². The van der Waals surface area contributed by atoms with E-state index in [1.165, 1.54) is 25.7 Å². The van der Waals surface area contributed by atoms with Gasteiger partial charge in [0, 0.05) is 19.2 Å². The molecule has 2 atom stereocenters. The summed E-state index contributed by atoms with van der Waals surface area (Å²) in [6, 6.07) is 6.39. The van der Waals surface area contributed by atoms with Crippen LogP contribution in [0.15, 0.2) is 18.2 Å². The largest absolute Gasteiger partial charge is 0.481 e. The van der Waals surface area contributed by atoms with E-state index in [9.17, 15) is 0 Å². The second kappa shape index (κ2) is 6.05. The number of hydrogen-bond acceptors (Lipinski definition) is 4. The monoisotopic (exact) mass is 249 g/mol. The Morgan fingerprint density at radius 1 is 1.39 bits per heavy atom. The van der Waals surface area contributed by atoms with Crippen LogP contribution in [-0.4, -0.2) is 31.7 Å². The van der Waals surface area contributed by atoms with Crippen molar-refractivity contribution in [3.05, 3.63) is 18.2 Å². The van der Waals surface area contributed by atoms with Gasteiger partial charge in [0.15, 0.2) is 0 Å². The first kappa shape index (κ1) is 13.1. The van der Waals surface area contributed by atoms with E-state index in [1.54, 1.807) is 7.11 Å². The Morgan fingerprint density at radius 3 is 2.89 bits per heavy atom. The molecule has 2 N–H and O–H groups in total. The molecule has 1 aliphatic carbocycles. The fourth-order valence-electron chi connectivity index (χ4n) is 2.86. The van der Waals surface area contributed by atoms with E-state index in [-0.39, 0.29) is 0 Å². The van der Waals surface area contributed by atoms with Crippen molar-refractivity contribution in [3.8, 4) is 5.88 Å². The average Bonchev–Trinajstić information content (AvgIpc) is 2.46. The summed E-state index contributed by atoms with van der Waals surface area (Å²) in [7, 11) is 3.76. The lowest BCUT2D eigenvalue weighted by atomic mass is 9.84. The van der Waals surface area contributed by atoms with Crippen LogP contribution in [0, 0.1) is 5.92 Å². The van der Waals surface area contributed by atoms with E-state index < -0.39 is 0 Å². The molecule has 1 saturated carbocycles. The Morgan fingerprint density at radius 2 is 2.17 bits per heavy atom. The molecule has 0 spiro atoms. The van der Waals surface area contributed by atoms with Gasteiger partial charge in [-0.05, 0) is 31.4 Å². The Kier molecular flexibility index (Phi) is 4.42. The summed E-state index contributed by atoms with van der Waals surface area (Å²) in [6.45, 7) is 0.763. The molecule has 0 bridgehead atoms. The number of ether oxygens (including phenoxy) is 1. The van der Waals surface area contributed by atoms with Crippen molar-refractivity contribution in [2.45, 2.75) is 31.7 Å². The molecule has 1 aromatic heterocycles. The van der Waals surface area contributed by atoms with Crippen molar-refractivity contribution in [1.82, 2.24) is 4.98 Å². The number of nitrogens with zero attached hydrogens (tertiary/aromatic N) is 2. The van der Waals surface area contributed by atoms with Crippen molar-refractivity contribution in [2.75, 3.05) is 25.6 Å². The van der Waals surface area contributed by atoms with Gasteiger partial charge in [-0.1, -0.05) is 18.9 Å². The highest BCUT2D eigenvalue weighted by Gasteiger charge is 2.28. The smallest absolute Gasteiger partial charge is 0.214 e. The first-order chi connectivity index (χ1) is 8.76. The Balaban J connectivity index is 2.15. The van der Waals surface area contributed by atoms with E-state index in [1.807, 2.05) is 18.2 Å². The number of anilines is 1. The third-order valence-corrected chi connectivity index (χ3v) is 3.95. The van der Waals surface area contributed by atoms with Crippen LogP contribution in [0.25, 0.3) is 0 Å². The lowest BCUT2D eigenvalue weighted by Gasteiger charge is -2.38. The summed E-state index contributed by atoms with van der Waals surface area (Å²) in [5.74, 6) is 2.22. The van der Waals surface area contributed by atoms with E-state index in [4.69, 9.17) is 10.5 Å². The maximum Gasteiger partial charge on any atom is 0.214 e. The zero-order valence-electron chi connectivity index (χ0n) is 11.3. The predicted octanol–water partition coefficient (Wildman–Crippen LogP) is 2.04. The van der Waals surface area contributed by atoms with Crippen LogP contribution in [0.2, 0.25) is 0 Å². The standard InChI is InChI=1S/C14H23N3O/c1-17(12-7-4-3-6-11(12)10-15)13-8-5-9-14(16-13)18-2/h5,8-9,11-12H,3-4,6-7,10,15H2,1-2H3. The number of nitrogens with two attached hydrogens (primary N) is 1. The highest BCUT2D eigenvalue weighted by Crippen LogP contribution is 2.29. The van der Waals surface area contributed by atoms with Crippen molar-refractivity contribution in [3.63, 3.8) is 0 Å². The molecule has 0 saturated heterocycles. The third-order valence-electron chi connectivity index (χ3n) is 3.95. The number of methoxy groups -OCH3 is 1. The predicted molar refractivity (Wildman–Crippen MR) is 74.0 cm³/mol. The molecular formula is C14H23N3O. The summed E-state index contributed by atoms with van der Waals surface area (Å²) < 4.78 is 5.18. The molecule has 18 heavy (non-hydrogen) atoms. The van der Waals surface area contributed by atoms with Gasteiger partial charge in [-0.15, -0.1) is 0 Å². The highest BCUT2D eigenvalue weighted by atomic mass is 16.5.